The lowest BCUT2D eigenvalue weighted by Gasteiger charge is -2.15. The molecule has 9 rings (SSSR count). The van der Waals surface area contributed by atoms with Crippen molar-refractivity contribution in [1.82, 2.24) is 14.5 Å². The van der Waals surface area contributed by atoms with Crippen LogP contribution in [0.1, 0.15) is 11.1 Å². The van der Waals surface area contributed by atoms with Gasteiger partial charge in [-0.05, 0) is 72.5 Å². The van der Waals surface area contributed by atoms with E-state index in [1.54, 1.807) is 0 Å². The highest BCUT2D eigenvalue weighted by molar-refractivity contribution is 6.17. The van der Waals surface area contributed by atoms with Crippen LogP contribution in [0.25, 0.3) is 83.2 Å². The second-order valence-corrected chi connectivity index (χ2v) is 12.0. The highest BCUT2D eigenvalue weighted by atomic mass is 16.3. The van der Waals surface area contributed by atoms with Gasteiger partial charge in [0.25, 0.3) is 0 Å². The van der Waals surface area contributed by atoms with Gasteiger partial charge in [0, 0.05) is 50.6 Å². The van der Waals surface area contributed by atoms with Gasteiger partial charge in [-0.3, -0.25) is 0 Å². The molecule has 0 bridgehead atoms. The van der Waals surface area contributed by atoms with Gasteiger partial charge in [0.15, 0.2) is 5.82 Å². The molecule has 3 aromatic heterocycles. The normalized spacial score (nSPS) is 11.7. The van der Waals surface area contributed by atoms with Crippen molar-refractivity contribution in [2.45, 2.75) is 13.8 Å². The highest BCUT2D eigenvalue weighted by Crippen LogP contribution is 2.39. The minimum atomic E-state index is 0.725. The number of furan rings is 1. The standard InChI is InChI=1S/C42H29N3O/c1-26-23-38(45-37-14-8-6-12-31(37)34-24-35-32-13-7-9-15-40(32)46-41(35)25-39(34)45)27(2)22-33(26)42-43-21-20-36(44-42)30-18-16-29(17-19-30)28-10-4-3-5-11-28/h3-25H,1-2H3. The summed E-state index contributed by atoms with van der Waals surface area (Å²) in [5.74, 6) is 0.725. The summed E-state index contributed by atoms with van der Waals surface area (Å²) in [5.41, 5.74) is 12.9. The third-order valence-electron chi connectivity index (χ3n) is 9.14. The monoisotopic (exact) mass is 591 g/mol. The van der Waals surface area contributed by atoms with Crippen LogP contribution in [-0.2, 0) is 0 Å². The van der Waals surface area contributed by atoms with Gasteiger partial charge in [-0.25, -0.2) is 9.97 Å². The fraction of sp³-hybridized carbons (Fsp3) is 0.0476. The maximum Gasteiger partial charge on any atom is 0.160 e. The van der Waals surface area contributed by atoms with E-state index in [9.17, 15) is 0 Å². The molecule has 4 heteroatoms. The van der Waals surface area contributed by atoms with E-state index in [1.807, 2.05) is 30.5 Å². The molecule has 0 saturated heterocycles. The lowest BCUT2D eigenvalue weighted by molar-refractivity contribution is 0.669. The molecule has 0 radical (unpaired) electrons. The minimum Gasteiger partial charge on any atom is -0.456 e. The second kappa shape index (κ2) is 10.3. The molecule has 0 aliphatic carbocycles. The van der Waals surface area contributed by atoms with Gasteiger partial charge in [0.2, 0.25) is 0 Å². The third kappa shape index (κ3) is 4.15. The number of para-hydroxylation sites is 2. The largest absolute Gasteiger partial charge is 0.456 e. The first kappa shape index (κ1) is 26.4. The van der Waals surface area contributed by atoms with Gasteiger partial charge >= 0.3 is 0 Å². The second-order valence-electron chi connectivity index (χ2n) is 12.0. The Morgan fingerprint density at radius 2 is 1.24 bits per heavy atom. The number of aromatic nitrogens is 3. The Hall–Kier alpha value is -6.00. The number of benzene rings is 6. The Balaban J connectivity index is 1.16. The Morgan fingerprint density at radius 1 is 0.522 bits per heavy atom. The van der Waals surface area contributed by atoms with E-state index in [0.29, 0.717) is 0 Å². The van der Waals surface area contributed by atoms with Gasteiger partial charge in [-0.2, -0.15) is 0 Å². The maximum atomic E-state index is 6.33. The molecule has 0 saturated carbocycles. The molecule has 0 amide bonds. The van der Waals surface area contributed by atoms with Crippen LogP contribution < -0.4 is 0 Å². The summed E-state index contributed by atoms with van der Waals surface area (Å²) >= 11 is 0. The first-order valence-corrected chi connectivity index (χ1v) is 15.6. The molecule has 0 aliphatic rings. The Kier molecular flexibility index (Phi) is 5.90. The summed E-state index contributed by atoms with van der Waals surface area (Å²) < 4.78 is 8.70. The maximum absolute atomic E-state index is 6.33. The average molecular weight is 592 g/mol. The van der Waals surface area contributed by atoms with Crippen LogP contribution in [0.5, 0.6) is 0 Å². The zero-order valence-corrected chi connectivity index (χ0v) is 25.5. The summed E-state index contributed by atoms with van der Waals surface area (Å²) in [6.45, 7) is 4.32. The van der Waals surface area contributed by atoms with E-state index < -0.39 is 0 Å². The molecule has 0 atom stereocenters. The number of aryl methyl sites for hydroxylation is 2. The number of hydrogen-bond acceptors (Lipinski definition) is 3. The molecule has 0 unspecified atom stereocenters. The fourth-order valence-electron chi connectivity index (χ4n) is 6.84. The van der Waals surface area contributed by atoms with Gasteiger partial charge in [-0.1, -0.05) is 91.0 Å². The lowest BCUT2D eigenvalue weighted by Crippen LogP contribution is -2.01. The zero-order valence-electron chi connectivity index (χ0n) is 25.5. The minimum absolute atomic E-state index is 0.725. The quantitative estimate of drug-likeness (QED) is 0.204. The Morgan fingerprint density at radius 3 is 2.09 bits per heavy atom. The van der Waals surface area contributed by atoms with Gasteiger partial charge in [0.05, 0.1) is 16.7 Å². The third-order valence-corrected chi connectivity index (χ3v) is 9.14. The number of hydrogen-bond donors (Lipinski definition) is 0. The van der Waals surface area contributed by atoms with Crippen molar-refractivity contribution in [3.05, 3.63) is 151 Å². The van der Waals surface area contributed by atoms with Crippen molar-refractivity contribution >= 4 is 43.7 Å². The van der Waals surface area contributed by atoms with Gasteiger partial charge in [-0.15, -0.1) is 0 Å². The van der Waals surface area contributed by atoms with Crippen LogP contribution in [0.3, 0.4) is 0 Å². The average Bonchev–Trinajstić information content (AvgIpc) is 3.63. The van der Waals surface area contributed by atoms with Crippen LogP contribution in [-0.4, -0.2) is 14.5 Å². The van der Waals surface area contributed by atoms with E-state index in [4.69, 9.17) is 14.4 Å². The van der Waals surface area contributed by atoms with Crippen LogP contribution in [0.4, 0.5) is 0 Å². The Labute approximate surface area is 266 Å². The first-order chi connectivity index (χ1) is 22.6. The molecule has 4 nitrogen and oxygen atoms in total. The van der Waals surface area contributed by atoms with Crippen LogP contribution >= 0.6 is 0 Å². The van der Waals surface area contributed by atoms with Crippen molar-refractivity contribution in [3.63, 3.8) is 0 Å². The summed E-state index contributed by atoms with van der Waals surface area (Å²) in [6, 6.07) is 46.9. The van der Waals surface area contributed by atoms with Crippen molar-refractivity contribution in [1.29, 1.82) is 0 Å². The van der Waals surface area contributed by atoms with Crippen LogP contribution in [0, 0.1) is 13.8 Å². The van der Waals surface area contributed by atoms with Gasteiger partial charge < -0.3 is 8.98 Å². The number of fused-ring (bicyclic) bond motifs is 6. The molecule has 9 aromatic rings. The molecule has 218 valence electrons. The molecule has 0 N–H and O–H groups in total. The molecule has 46 heavy (non-hydrogen) atoms. The summed E-state index contributed by atoms with van der Waals surface area (Å²) in [4.78, 5) is 9.75. The predicted molar refractivity (Wildman–Crippen MR) is 189 cm³/mol. The molecule has 0 fully saturated rings. The van der Waals surface area contributed by atoms with Crippen molar-refractivity contribution in [3.8, 4) is 39.5 Å². The summed E-state index contributed by atoms with van der Waals surface area (Å²) in [5, 5.41) is 4.72. The van der Waals surface area contributed by atoms with Crippen molar-refractivity contribution < 1.29 is 4.42 Å². The molecule has 0 spiro atoms. The lowest BCUT2D eigenvalue weighted by atomic mass is 10.0. The predicted octanol–water partition coefficient (Wildman–Crippen LogP) is 11.1. The van der Waals surface area contributed by atoms with Crippen molar-refractivity contribution in [2.24, 2.45) is 0 Å². The number of nitrogens with zero attached hydrogens (tertiary/aromatic N) is 3. The molecule has 0 aliphatic heterocycles. The Bertz CT molecular complexity index is 2590. The van der Waals surface area contributed by atoms with E-state index in [0.717, 1.165) is 66.9 Å². The van der Waals surface area contributed by atoms with Gasteiger partial charge in [0.1, 0.15) is 11.2 Å². The first-order valence-electron chi connectivity index (χ1n) is 15.6. The molecule has 3 heterocycles. The van der Waals surface area contributed by atoms with E-state index in [-0.39, 0.29) is 0 Å². The van der Waals surface area contributed by atoms with Crippen molar-refractivity contribution in [2.75, 3.05) is 0 Å². The van der Waals surface area contributed by atoms with E-state index in [1.165, 1.54) is 27.4 Å². The smallest absolute Gasteiger partial charge is 0.160 e. The van der Waals surface area contributed by atoms with Crippen LogP contribution in [0.2, 0.25) is 0 Å². The summed E-state index contributed by atoms with van der Waals surface area (Å²) in [7, 11) is 0. The molecule has 6 aromatic carbocycles. The molecular weight excluding hydrogens is 562 g/mol. The van der Waals surface area contributed by atoms with E-state index in [2.05, 4.69) is 128 Å². The molecular formula is C42H29N3O. The van der Waals surface area contributed by atoms with Crippen LogP contribution in [0.15, 0.2) is 144 Å². The zero-order chi connectivity index (χ0) is 30.8. The van der Waals surface area contributed by atoms with E-state index >= 15 is 0 Å². The highest BCUT2D eigenvalue weighted by Gasteiger charge is 2.19. The topological polar surface area (TPSA) is 43.9 Å². The number of rotatable bonds is 4. The fourth-order valence-corrected chi connectivity index (χ4v) is 6.84. The summed E-state index contributed by atoms with van der Waals surface area (Å²) in [6.07, 6.45) is 1.86. The SMILES string of the molecule is Cc1cc(-n2c3ccccc3c3cc4c(cc32)oc2ccccc24)c(C)cc1-c1nccc(-c2ccc(-c3ccccc3)cc2)n1.